The first-order chi connectivity index (χ1) is 53.8. The van der Waals surface area contributed by atoms with Crippen molar-refractivity contribution in [2.45, 2.75) is 288 Å². The van der Waals surface area contributed by atoms with Crippen LogP contribution in [0, 0.1) is 35.5 Å². The monoisotopic (exact) mass is 1590 g/mol. The first-order valence-electron chi connectivity index (χ1n) is 42.5. The Hall–Kier alpha value is -6.44. The van der Waals surface area contributed by atoms with Crippen molar-refractivity contribution >= 4 is 116 Å². The highest BCUT2D eigenvalue weighted by Gasteiger charge is 2.43. The Balaban J connectivity index is 0.000000156. The van der Waals surface area contributed by atoms with Gasteiger partial charge in [0.1, 0.15) is 26.8 Å². The van der Waals surface area contributed by atoms with Gasteiger partial charge in [0.15, 0.2) is 0 Å². The van der Waals surface area contributed by atoms with E-state index in [0.717, 1.165) is 187 Å². The molecule has 0 bridgehead atoms. The van der Waals surface area contributed by atoms with Crippen LogP contribution in [0.25, 0.3) is 16.7 Å². The largest absolute Gasteiger partial charge is 0.477 e. The molecule has 111 heavy (non-hydrogen) atoms. The normalized spacial score (nSPS) is 28.0. The van der Waals surface area contributed by atoms with Crippen LogP contribution in [0.4, 0.5) is 26.7 Å². The Bertz CT molecular complexity index is 3740. The molecule has 0 aromatic carbocycles. The first kappa shape index (κ1) is 84.0. The van der Waals surface area contributed by atoms with Crippen molar-refractivity contribution in [3.63, 3.8) is 0 Å². The zero-order chi connectivity index (χ0) is 78.1. The maximum Gasteiger partial charge on any atom is 0.410 e. The molecule has 0 unspecified atom stereocenters. The highest BCUT2D eigenvalue weighted by molar-refractivity contribution is 7.16. The van der Waals surface area contributed by atoms with E-state index in [1.807, 2.05) is 20.8 Å². The number of carbonyl (C=O) groups excluding carboxylic acids is 7. The summed E-state index contributed by atoms with van der Waals surface area (Å²) in [6.45, 7) is 11.1. The first-order valence-corrected chi connectivity index (χ1v) is 44.9. The van der Waals surface area contributed by atoms with E-state index in [-0.39, 0.29) is 101 Å². The number of hydrogen-bond acceptors (Lipinski definition) is 18. The van der Waals surface area contributed by atoms with Crippen molar-refractivity contribution in [3.05, 3.63) is 65.7 Å². The number of anilines is 3. The van der Waals surface area contributed by atoms with Crippen LogP contribution in [0.15, 0.2) is 36.4 Å². The summed E-state index contributed by atoms with van der Waals surface area (Å²) < 4.78 is 32.7. The third-order valence-electron chi connectivity index (χ3n) is 25.6. The minimum absolute atomic E-state index is 0.0146. The van der Waals surface area contributed by atoms with Crippen LogP contribution in [0.3, 0.4) is 0 Å². The Morgan fingerprint density at radius 3 is 0.991 bits per heavy atom. The van der Waals surface area contributed by atoms with Gasteiger partial charge in [-0.3, -0.25) is 14.4 Å². The second-order valence-corrected chi connectivity index (χ2v) is 36.6. The van der Waals surface area contributed by atoms with Gasteiger partial charge in [-0.1, -0.05) is 39.0 Å². The molecule has 0 atom stereocenters. The molecule has 21 nitrogen and oxygen atoms in total. The summed E-state index contributed by atoms with van der Waals surface area (Å²) in [5.74, 6) is 0.497. The summed E-state index contributed by atoms with van der Waals surface area (Å²) in [7, 11) is 2.82. The van der Waals surface area contributed by atoms with Crippen molar-refractivity contribution in [2.75, 3.05) is 81.5 Å². The van der Waals surface area contributed by atoms with Crippen LogP contribution >= 0.6 is 34.0 Å². The van der Waals surface area contributed by atoms with Crippen LogP contribution < -0.4 is 14.7 Å². The van der Waals surface area contributed by atoms with E-state index < -0.39 is 5.97 Å². The van der Waals surface area contributed by atoms with Crippen LogP contribution in [-0.4, -0.2) is 171 Å². The third-order valence-corrected chi connectivity index (χ3v) is 29.2. The van der Waals surface area contributed by atoms with E-state index in [1.54, 1.807) is 9.80 Å². The molecule has 5 heterocycles. The number of amides is 5. The molecule has 3 aromatic rings. The van der Waals surface area contributed by atoms with Gasteiger partial charge in [0, 0.05) is 76.7 Å². The summed E-state index contributed by atoms with van der Waals surface area (Å²) >= 11 is 4.24. The average molecular weight is 1590 g/mol. The highest BCUT2D eigenvalue weighted by Crippen LogP contribution is 2.47. The van der Waals surface area contributed by atoms with E-state index in [4.69, 9.17) is 28.4 Å². The lowest BCUT2D eigenvalue weighted by Gasteiger charge is -2.39. The predicted octanol–water partition coefficient (Wildman–Crippen LogP) is 18.7. The highest BCUT2D eigenvalue weighted by atomic mass is 32.1. The molecule has 6 saturated carbocycles. The number of nitrogens with zero attached hydrogens (tertiary/aromatic N) is 5. The van der Waals surface area contributed by atoms with Crippen molar-refractivity contribution in [3.8, 4) is 0 Å². The number of thiophene rings is 3. The SMILES string of the molecule is CC1CCC(C(=O)N(c2cc(C3=CCCCC3)sc2C(=O)O)C2CCC(OC(=O)N3CCOCC3)CC2)CC1.COC(=O)c1sc(C2=CCCCC2)cc1N(C(=O)C1CCC(C)CC1)C1CCC(O)CC1.COC(=O)c1sc(C2=CCCCC2)cc1N(C(=O)C1CCC(C)CC1)C1CCC(OC(=O)N2CCOCC2)CC1. The van der Waals surface area contributed by atoms with Gasteiger partial charge in [-0.05, 0) is 284 Å². The number of methoxy groups -OCH3 is 2. The topological polar surface area (TPSA) is 249 Å². The van der Waals surface area contributed by atoms with E-state index in [1.165, 1.54) is 77.8 Å². The Labute approximate surface area is 669 Å². The number of hydrogen-bond donors (Lipinski definition) is 2. The second kappa shape index (κ2) is 40.7. The van der Waals surface area contributed by atoms with Gasteiger partial charge >= 0.3 is 30.1 Å². The summed E-state index contributed by atoms with van der Waals surface area (Å²) in [5.41, 5.74) is 5.76. The van der Waals surface area contributed by atoms with Crippen molar-refractivity contribution in [1.29, 1.82) is 0 Å². The zero-order valence-corrected chi connectivity index (χ0v) is 69.0. The lowest BCUT2D eigenvalue weighted by Crippen LogP contribution is -2.48. The molecule has 3 aromatic heterocycles. The Morgan fingerprint density at radius 1 is 0.405 bits per heavy atom. The van der Waals surface area contributed by atoms with Gasteiger partial charge in [-0.15, -0.1) is 34.0 Å². The second-order valence-electron chi connectivity index (χ2n) is 33.5. The molecule has 9 aliphatic carbocycles. The number of morpholine rings is 2. The molecule has 8 fully saturated rings. The van der Waals surface area contributed by atoms with Gasteiger partial charge < -0.3 is 63.1 Å². The van der Waals surface area contributed by atoms with E-state index in [2.05, 4.69) is 51.1 Å². The summed E-state index contributed by atoms with van der Waals surface area (Å²) in [5, 5.41) is 20.3. The number of carboxylic acids is 1. The van der Waals surface area contributed by atoms with Crippen molar-refractivity contribution < 1.29 is 77.0 Å². The number of carboxylic acid groups (broad SMARTS) is 1. The van der Waals surface area contributed by atoms with Crippen LogP contribution in [-0.2, 0) is 42.8 Å². The molecule has 24 heteroatoms. The standard InChI is InChI=1S/C31H44N2O6S.C30H42N2O6S.C26H37NO4S/c1-21-8-10-23(11-9-21)29(34)33(24-12-14-25(15-13-24)39-31(36)32-16-18-38-19-17-32)26-20-27(22-6-4-3-5-7-22)40-28(26)30(35)37-2;1-20-7-9-22(10-8-20)28(33)32(25-19-26(39-27(25)29(34)35)21-5-3-2-4-6-21)23-11-13-24(14-12-23)38-30(36)31-15-17-37-18-16-31;1-17-8-10-19(11-9-17)25(29)27(20-12-14-21(28)15-13-20)22-16-23(18-6-4-3-5-7-18)32-24(22)26(30)31-2/h6,20-21,23-25H,3-5,7-19H2,1-2H3;5,19-20,22-24H,2-4,6-18H2,1H3,(H,34,35);6,16-17,19-21,28H,3-5,7-15H2,1-2H3. The molecule has 0 radical (unpaired) electrons. The molecule has 610 valence electrons. The number of rotatable bonds is 17. The predicted molar refractivity (Wildman–Crippen MR) is 436 cm³/mol. The van der Waals surface area contributed by atoms with Gasteiger partial charge in [-0.2, -0.15) is 0 Å². The average Bonchev–Trinajstić information content (AvgIpc) is 1.72. The maximum atomic E-state index is 14.3. The number of ether oxygens (including phenoxy) is 6. The molecule has 0 spiro atoms. The summed E-state index contributed by atoms with van der Waals surface area (Å²) in [6, 6.07) is 5.99. The summed E-state index contributed by atoms with van der Waals surface area (Å²) in [4.78, 5) is 120. The Morgan fingerprint density at radius 2 is 0.703 bits per heavy atom. The zero-order valence-electron chi connectivity index (χ0n) is 66.6. The molecule has 11 aliphatic rings. The van der Waals surface area contributed by atoms with Crippen LogP contribution in [0.2, 0.25) is 0 Å². The smallest absolute Gasteiger partial charge is 0.410 e. The number of allylic oxidation sites excluding steroid dienone is 6. The van der Waals surface area contributed by atoms with E-state index in [9.17, 15) is 48.6 Å². The fraction of sp³-hybridized carbons (Fsp3) is 0.701. The number of aliphatic hydroxyl groups excluding tert-OH is 1. The fourth-order valence-electron chi connectivity index (χ4n) is 18.7. The lowest BCUT2D eigenvalue weighted by molar-refractivity contribution is -0.125. The minimum atomic E-state index is -0.971. The molecular formula is C87H123N5O16S3. The van der Waals surface area contributed by atoms with Gasteiger partial charge in [0.2, 0.25) is 17.7 Å². The van der Waals surface area contributed by atoms with Crippen molar-refractivity contribution in [1.82, 2.24) is 9.80 Å². The van der Waals surface area contributed by atoms with Crippen LogP contribution in [0.5, 0.6) is 0 Å². The number of aliphatic hydroxyl groups is 1. The lowest BCUT2D eigenvalue weighted by atomic mass is 9.81. The van der Waals surface area contributed by atoms with Gasteiger partial charge in [0.05, 0.1) is 63.8 Å². The fourth-order valence-corrected chi connectivity index (χ4v) is 22.0. The molecule has 5 amide bonds. The maximum absolute atomic E-state index is 14.3. The minimum Gasteiger partial charge on any atom is -0.477 e. The number of aromatic carboxylic acids is 1. The molecule has 2 N–H and O–H groups in total. The number of carbonyl (C=O) groups is 8. The third kappa shape index (κ3) is 21.8. The van der Waals surface area contributed by atoms with E-state index >= 15 is 0 Å². The molecule has 14 rings (SSSR count). The molecule has 2 aliphatic heterocycles. The number of esters is 2. The van der Waals surface area contributed by atoms with E-state index in [0.29, 0.717) is 143 Å². The van der Waals surface area contributed by atoms with Gasteiger partial charge in [-0.25, -0.2) is 24.0 Å². The quantitative estimate of drug-likeness (QED) is 0.0942. The van der Waals surface area contributed by atoms with Crippen LogP contribution in [0.1, 0.15) is 296 Å². The Kier molecular flexibility index (Phi) is 30.8. The van der Waals surface area contributed by atoms with Crippen molar-refractivity contribution in [2.24, 2.45) is 35.5 Å². The van der Waals surface area contributed by atoms with Gasteiger partial charge in [0.25, 0.3) is 0 Å². The molecule has 2 saturated heterocycles. The molecular weight excluding hydrogens is 1470 g/mol. The summed E-state index contributed by atoms with van der Waals surface area (Å²) in [6.07, 6.45) is 38.8.